The lowest BCUT2D eigenvalue weighted by Crippen LogP contribution is -2.32. The Morgan fingerprint density at radius 2 is 1.75 bits per heavy atom. The average Bonchev–Trinajstić information content (AvgIpc) is 2.26. The van der Waals surface area contributed by atoms with Gasteiger partial charge in [-0.2, -0.15) is 0 Å². The van der Waals surface area contributed by atoms with E-state index in [1.165, 1.54) is 16.6 Å². The van der Waals surface area contributed by atoms with Gasteiger partial charge in [0.05, 0.1) is 11.4 Å². The van der Waals surface area contributed by atoms with Crippen molar-refractivity contribution in [1.29, 1.82) is 0 Å². The van der Waals surface area contributed by atoms with Crippen molar-refractivity contribution in [2.75, 3.05) is 38.0 Å². The molecule has 0 unspecified atom stereocenters. The third-order valence-corrected chi connectivity index (χ3v) is 4.54. The predicted molar refractivity (Wildman–Crippen MR) is 76.5 cm³/mol. The summed E-state index contributed by atoms with van der Waals surface area (Å²) in [6, 6.07) is 6.52. The van der Waals surface area contributed by atoms with Gasteiger partial charge in [-0.15, -0.1) is 6.58 Å². The highest BCUT2D eigenvalue weighted by Gasteiger charge is 2.15. The first kappa shape index (κ1) is 12.8. The SMILES string of the molecule is C=C[Si](C)c1cccc(N(C)C)c1N(C)C. The number of hydrogen-bond acceptors (Lipinski definition) is 2. The second-order valence-electron chi connectivity index (χ2n) is 4.35. The molecule has 3 heteroatoms. The Labute approximate surface area is 101 Å². The molecule has 1 aromatic rings. The summed E-state index contributed by atoms with van der Waals surface area (Å²) in [7, 11) is 7.73. The molecule has 0 amide bonds. The van der Waals surface area contributed by atoms with Gasteiger partial charge in [0, 0.05) is 28.2 Å². The molecule has 2 nitrogen and oxygen atoms in total. The summed E-state index contributed by atoms with van der Waals surface area (Å²) in [5, 5.41) is 1.43. The molecule has 0 heterocycles. The van der Waals surface area contributed by atoms with Gasteiger partial charge in [0.1, 0.15) is 8.80 Å². The van der Waals surface area contributed by atoms with Gasteiger partial charge in [0.25, 0.3) is 0 Å². The van der Waals surface area contributed by atoms with Crippen LogP contribution in [0.15, 0.2) is 30.5 Å². The number of para-hydroxylation sites is 1. The van der Waals surface area contributed by atoms with E-state index in [4.69, 9.17) is 0 Å². The van der Waals surface area contributed by atoms with Gasteiger partial charge in [-0.05, 0) is 11.3 Å². The monoisotopic (exact) mass is 233 g/mol. The molecule has 1 rings (SSSR count). The maximum absolute atomic E-state index is 3.93. The first-order valence-electron chi connectivity index (χ1n) is 5.43. The minimum absolute atomic E-state index is 0.640. The highest BCUT2D eigenvalue weighted by Crippen LogP contribution is 2.24. The molecule has 0 fully saturated rings. The Morgan fingerprint density at radius 1 is 1.12 bits per heavy atom. The molecule has 0 N–H and O–H groups in total. The largest absolute Gasteiger partial charge is 0.376 e. The summed E-state index contributed by atoms with van der Waals surface area (Å²) in [6.07, 6.45) is 0. The van der Waals surface area contributed by atoms with Crippen molar-refractivity contribution in [3.05, 3.63) is 30.5 Å². The average molecular weight is 233 g/mol. The van der Waals surface area contributed by atoms with Crippen molar-refractivity contribution in [3.8, 4) is 0 Å². The fourth-order valence-electron chi connectivity index (χ4n) is 1.79. The van der Waals surface area contributed by atoms with Gasteiger partial charge in [-0.3, -0.25) is 0 Å². The van der Waals surface area contributed by atoms with Gasteiger partial charge in [0.15, 0.2) is 0 Å². The smallest absolute Gasteiger partial charge is 0.111 e. The Kier molecular flexibility index (Phi) is 4.18. The predicted octanol–water partition coefficient (Wildman–Crippen LogP) is 1.88. The Hall–Kier alpha value is -1.22. The van der Waals surface area contributed by atoms with Crippen LogP contribution in [-0.4, -0.2) is 37.0 Å². The lowest BCUT2D eigenvalue weighted by atomic mass is 10.2. The third kappa shape index (κ3) is 2.47. The molecule has 0 aliphatic heterocycles. The summed E-state index contributed by atoms with van der Waals surface area (Å²) < 4.78 is 0. The fourth-order valence-corrected chi connectivity index (χ4v) is 3.09. The number of nitrogens with zero attached hydrogens (tertiary/aromatic N) is 2. The van der Waals surface area contributed by atoms with Gasteiger partial charge in [-0.1, -0.05) is 24.4 Å². The summed E-state index contributed by atoms with van der Waals surface area (Å²) in [5.74, 6) is 0. The van der Waals surface area contributed by atoms with Crippen molar-refractivity contribution in [2.24, 2.45) is 0 Å². The molecule has 16 heavy (non-hydrogen) atoms. The maximum atomic E-state index is 3.93. The van der Waals surface area contributed by atoms with Crippen LogP contribution in [0.5, 0.6) is 0 Å². The summed E-state index contributed by atoms with van der Waals surface area (Å²) in [5.41, 5.74) is 4.68. The highest BCUT2D eigenvalue weighted by molar-refractivity contribution is 6.78. The van der Waals surface area contributed by atoms with Crippen molar-refractivity contribution in [1.82, 2.24) is 0 Å². The van der Waals surface area contributed by atoms with E-state index in [0.29, 0.717) is 0 Å². The Bertz CT molecular complexity index is 372. The topological polar surface area (TPSA) is 6.48 Å². The normalized spacial score (nSPS) is 10.4. The zero-order chi connectivity index (χ0) is 12.3. The van der Waals surface area contributed by atoms with Crippen molar-refractivity contribution in [3.63, 3.8) is 0 Å². The molecule has 0 saturated carbocycles. The summed E-state index contributed by atoms with van der Waals surface area (Å²) in [4.78, 5) is 4.36. The van der Waals surface area contributed by atoms with Crippen LogP contribution in [0.3, 0.4) is 0 Å². The maximum Gasteiger partial charge on any atom is 0.111 e. The van der Waals surface area contributed by atoms with Crippen LogP contribution < -0.4 is 15.0 Å². The zero-order valence-corrected chi connectivity index (χ0v) is 11.9. The van der Waals surface area contributed by atoms with Gasteiger partial charge >= 0.3 is 0 Å². The molecule has 0 spiro atoms. The van der Waals surface area contributed by atoms with Crippen molar-refractivity contribution in [2.45, 2.75) is 6.55 Å². The molecule has 87 valence electrons. The van der Waals surface area contributed by atoms with E-state index in [0.717, 1.165) is 0 Å². The van der Waals surface area contributed by atoms with Gasteiger partial charge in [-0.25, -0.2) is 0 Å². The van der Waals surface area contributed by atoms with Gasteiger partial charge in [0.2, 0.25) is 0 Å². The summed E-state index contributed by atoms with van der Waals surface area (Å²) in [6.45, 7) is 6.20. The summed E-state index contributed by atoms with van der Waals surface area (Å²) >= 11 is 0. The first-order valence-corrected chi connectivity index (χ1v) is 7.50. The minimum Gasteiger partial charge on any atom is -0.376 e. The zero-order valence-electron chi connectivity index (χ0n) is 10.9. The van der Waals surface area contributed by atoms with Crippen LogP contribution in [0.25, 0.3) is 0 Å². The Balaban J connectivity index is 3.38. The van der Waals surface area contributed by atoms with E-state index in [2.05, 4.69) is 75.0 Å². The van der Waals surface area contributed by atoms with E-state index in [-0.39, 0.29) is 0 Å². The molecule has 0 aliphatic rings. The number of hydrogen-bond donors (Lipinski definition) is 0. The van der Waals surface area contributed by atoms with E-state index in [1.807, 2.05) is 0 Å². The van der Waals surface area contributed by atoms with E-state index < -0.39 is 8.80 Å². The van der Waals surface area contributed by atoms with Crippen LogP contribution in [-0.2, 0) is 0 Å². The minimum atomic E-state index is -0.640. The number of rotatable bonds is 4. The lowest BCUT2D eigenvalue weighted by molar-refractivity contribution is 1.08. The van der Waals surface area contributed by atoms with E-state index >= 15 is 0 Å². The van der Waals surface area contributed by atoms with Crippen LogP contribution in [0.2, 0.25) is 6.55 Å². The number of benzene rings is 1. The molecule has 1 aromatic carbocycles. The van der Waals surface area contributed by atoms with Gasteiger partial charge < -0.3 is 9.80 Å². The molecular formula is C13H21N2Si. The van der Waals surface area contributed by atoms with E-state index in [9.17, 15) is 0 Å². The lowest BCUT2D eigenvalue weighted by Gasteiger charge is -2.26. The van der Waals surface area contributed by atoms with Crippen LogP contribution in [0.1, 0.15) is 0 Å². The molecular weight excluding hydrogens is 212 g/mol. The Morgan fingerprint density at radius 3 is 2.19 bits per heavy atom. The van der Waals surface area contributed by atoms with Crippen LogP contribution in [0.4, 0.5) is 11.4 Å². The molecule has 0 aromatic heterocycles. The molecule has 0 saturated heterocycles. The van der Waals surface area contributed by atoms with E-state index in [1.54, 1.807) is 0 Å². The molecule has 1 radical (unpaired) electrons. The molecule has 0 atom stereocenters. The fraction of sp³-hybridized carbons (Fsp3) is 0.385. The quantitative estimate of drug-likeness (QED) is 0.733. The highest BCUT2D eigenvalue weighted by atomic mass is 28.3. The van der Waals surface area contributed by atoms with Crippen LogP contribution >= 0.6 is 0 Å². The first-order chi connectivity index (χ1) is 7.49. The number of anilines is 2. The molecule has 0 aliphatic carbocycles. The molecule has 0 bridgehead atoms. The second kappa shape index (κ2) is 5.21. The van der Waals surface area contributed by atoms with Crippen molar-refractivity contribution < 1.29 is 0 Å². The van der Waals surface area contributed by atoms with Crippen LogP contribution in [0, 0.1) is 0 Å². The third-order valence-electron chi connectivity index (χ3n) is 2.67. The standard InChI is InChI=1S/C13H21N2Si/c1-7-16(6)12-10-8-9-11(14(2)3)13(12)15(4)5/h7-10H,1H2,2-6H3. The van der Waals surface area contributed by atoms with Crippen molar-refractivity contribution >= 4 is 25.4 Å². The second-order valence-corrected chi connectivity index (χ2v) is 6.66.